The number of fused-ring (bicyclic) bond motifs is 1. The van der Waals surface area contributed by atoms with E-state index in [9.17, 15) is 0 Å². The van der Waals surface area contributed by atoms with E-state index in [1.54, 1.807) is 17.1 Å². The van der Waals surface area contributed by atoms with Gasteiger partial charge in [0, 0.05) is 24.5 Å². The number of aryl methyl sites for hydroxylation is 1. The van der Waals surface area contributed by atoms with Gasteiger partial charge in [0.1, 0.15) is 17.8 Å². The van der Waals surface area contributed by atoms with Crippen LogP contribution in [0.1, 0.15) is 20.8 Å². The predicted octanol–water partition coefficient (Wildman–Crippen LogP) is 1.67. The molecule has 0 spiro atoms. The van der Waals surface area contributed by atoms with Gasteiger partial charge in [-0.15, -0.1) is 0 Å². The minimum Gasteiger partial charge on any atom is -0.461 e. The van der Waals surface area contributed by atoms with Gasteiger partial charge in [0.25, 0.3) is 0 Å². The van der Waals surface area contributed by atoms with Crippen LogP contribution in [0, 0.1) is 0 Å². The van der Waals surface area contributed by atoms with E-state index in [1.807, 2.05) is 20.8 Å². The Morgan fingerprint density at radius 3 is 2.55 bits per heavy atom. The molecule has 0 saturated heterocycles. The summed E-state index contributed by atoms with van der Waals surface area (Å²) in [5.41, 5.74) is 8.11. The van der Waals surface area contributed by atoms with Crippen molar-refractivity contribution in [2.45, 2.75) is 33.4 Å². The summed E-state index contributed by atoms with van der Waals surface area (Å²) in [5.74, 6) is 0.391. The molecule has 2 N–H and O–H groups in total. The molecule has 0 unspecified atom stereocenters. The summed E-state index contributed by atoms with van der Waals surface area (Å²) in [6.07, 6.45) is 4.79. The highest BCUT2D eigenvalue weighted by Gasteiger charge is 2.17. The van der Waals surface area contributed by atoms with Crippen LogP contribution in [0.2, 0.25) is 0 Å². The summed E-state index contributed by atoms with van der Waals surface area (Å²) in [5, 5.41) is 5.26. The average molecular weight is 299 g/mol. The lowest BCUT2D eigenvalue weighted by Crippen LogP contribution is -2.08. The summed E-state index contributed by atoms with van der Waals surface area (Å²) in [7, 11) is 0. The zero-order valence-corrected chi connectivity index (χ0v) is 12.7. The standard InChI is InChI=1S/C14H17N7O/c1-4-21-13-10(12(15)18-7-19-13)11(20-21)9-5-16-14(17-6-9)22-8(2)3/h5-8H,4H2,1-3H3,(H2,15,18,19). The Hall–Kier alpha value is -2.77. The Bertz CT molecular complexity index is 795. The molecule has 3 aromatic heterocycles. The third-order valence-corrected chi connectivity index (χ3v) is 3.10. The Balaban J connectivity index is 2.10. The Kier molecular flexibility index (Phi) is 3.58. The van der Waals surface area contributed by atoms with E-state index in [-0.39, 0.29) is 6.10 Å². The predicted molar refractivity (Wildman–Crippen MR) is 82.2 cm³/mol. The summed E-state index contributed by atoms with van der Waals surface area (Å²) in [6, 6.07) is 0.335. The summed E-state index contributed by atoms with van der Waals surface area (Å²) in [6.45, 7) is 6.52. The molecule has 8 heteroatoms. The molecule has 3 heterocycles. The van der Waals surface area contributed by atoms with Crippen molar-refractivity contribution in [2.24, 2.45) is 0 Å². The number of nitrogens with zero attached hydrogens (tertiary/aromatic N) is 6. The number of rotatable bonds is 4. The van der Waals surface area contributed by atoms with E-state index in [1.165, 1.54) is 6.33 Å². The number of ether oxygens (including phenoxy) is 1. The molecule has 22 heavy (non-hydrogen) atoms. The normalized spacial score (nSPS) is 11.3. The van der Waals surface area contributed by atoms with E-state index in [0.29, 0.717) is 35.1 Å². The van der Waals surface area contributed by atoms with E-state index < -0.39 is 0 Å². The monoisotopic (exact) mass is 299 g/mol. The quantitative estimate of drug-likeness (QED) is 0.781. The van der Waals surface area contributed by atoms with Crippen LogP contribution in [0.5, 0.6) is 6.01 Å². The molecule has 8 nitrogen and oxygen atoms in total. The molecular formula is C14H17N7O. The Morgan fingerprint density at radius 2 is 1.91 bits per heavy atom. The van der Waals surface area contributed by atoms with Crippen LogP contribution in [0.4, 0.5) is 5.82 Å². The smallest absolute Gasteiger partial charge is 0.316 e. The molecule has 3 rings (SSSR count). The van der Waals surface area contributed by atoms with Gasteiger partial charge in [-0.2, -0.15) is 5.10 Å². The molecular weight excluding hydrogens is 282 g/mol. The molecule has 0 aliphatic rings. The fourth-order valence-corrected chi connectivity index (χ4v) is 2.16. The van der Waals surface area contributed by atoms with E-state index in [4.69, 9.17) is 10.5 Å². The molecule has 0 radical (unpaired) electrons. The first-order chi connectivity index (χ1) is 10.6. The number of anilines is 1. The van der Waals surface area contributed by atoms with Gasteiger partial charge in [0.2, 0.25) is 0 Å². The van der Waals surface area contributed by atoms with Crippen LogP contribution in [0.15, 0.2) is 18.7 Å². The number of hydrogen-bond acceptors (Lipinski definition) is 7. The molecule has 0 amide bonds. The number of nitrogens with two attached hydrogens (primary N) is 1. The maximum atomic E-state index is 5.99. The van der Waals surface area contributed by atoms with Crippen LogP contribution in [0.25, 0.3) is 22.3 Å². The van der Waals surface area contributed by atoms with E-state index in [0.717, 1.165) is 5.56 Å². The van der Waals surface area contributed by atoms with Crippen LogP contribution in [0.3, 0.4) is 0 Å². The third-order valence-electron chi connectivity index (χ3n) is 3.10. The van der Waals surface area contributed by atoms with Crippen LogP contribution in [-0.4, -0.2) is 35.8 Å². The van der Waals surface area contributed by atoms with Crippen molar-refractivity contribution in [3.8, 4) is 17.3 Å². The van der Waals surface area contributed by atoms with Crippen molar-refractivity contribution >= 4 is 16.9 Å². The number of nitrogen functional groups attached to an aromatic ring is 1. The molecule has 0 aliphatic heterocycles. The number of hydrogen-bond donors (Lipinski definition) is 1. The van der Waals surface area contributed by atoms with Gasteiger partial charge in [0.05, 0.1) is 11.5 Å². The Morgan fingerprint density at radius 1 is 1.18 bits per heavy atom. The molecule has 3 aromatic rings. The maximum absolute atomic E-state index is 5.99. The number of aromatic nitrogens is 6. The molecule has 0 bridgehead atoms. The third kappa shape index (κ3) is 2.43. The minimum absolute atomic E-state index is 0.0232. The zero-order chi connectivity index (χ0) is 15.7. The molecule has 0 atom stereocenters. The molecule has 0 saturated carbocycles. The summed E-state index contributed by atoms with van der Waals surface area (Å²) in [4.78, 5) is 16.7. The maximum Gasteiger partial charge on any atom is 0.316 e. The lowest BCUT2D eigenvalue weighted by Gasteiger charge is -2.07. The molecule has 114 valence electrons. The SMILES string of the molecule is CCn1nc(-c2cnc(OC(C)C)nc2)c2c(N)ncnc21. The van der Waals surface area contributed by atoms with E-state index >= 15 is 0 Å². The van der Waals surface area contributed by atoms with Gasteiger partial charge in [-0.25, -0.2) is 24.6 Å². The highest BCUT2D eigenvalue weighted by atomic mass is 16.5. The highest BCUT2D eigenvalue weighted by Crippen LogP contribution is 2.29. The van der Waals surface area contributed by atoms with Gasteiger partial charge in [-0.3, -0.25) is 0 Å². The van der Waals surface area contributed by atoms with Crippen molar-refractivity contribution in [1.82, 2.24) is 29.7 Å². The summed E-state index contributed by atoms with van der Waals surface area (Å²) >= 11 is 0. The highest BCUT2D eigenvalue weighted by molar-refractivity contribution is 5.97. The van der Waals surface area contributed by atoms with Gasteiger partial charge < -0.3 is 10.5 Å². The second kappa shape index (κ2) is 5.55. The minimum atomic E-state index is 0.0232. The Labute approximate surface area is 127 Å². The molecule has 0 aliphatic carbocycles. The van der Waals surface area contributed by atoms with Crippen molar-refractivity contribution < 1.29 is 4.74 Å². The van der Waals surface area contributed by atoms with Gasteiger partial charge in [0.15, 0.2) is 5.65 Å². The van der Waals surface area contributed by atoms with Crippen molar-refractivity contribution in [2.75, 3.05) is 5.73 Å². The first kappa shape index (κ1) is 14.2. The second-order valence-corrected chi connectivity index (χ2v) is 5.04. The van der Waals surface area contributed by atoms with Gasteiger partial charge >= 0.3 is 6.01 Å². The zero-order valence-electron chi connectivity index (χ0n) is 12.7. The average Bonchev–Trinajstić information content (AvgIpc) is 2.88. The first-order valence-electron chi connectivity index (χ1n) is 7.06. The fourth-order valence-electron chi connectivity index (χ4n) is 2.16. The van der Waals surface area contributed by atoms with Crippen LogP contribution >= 0.6 is 0 Å². The topological polar surface area (TPSA) is 105 Å². The largest absolute Gasteiger partial charge is 0.461 e. The molecule has 0 fully saturated rings. The van der Waals surface area contributed by atoms with Crippen LogP contribution < -0.4 is 10.5 Å². The van der Waals surface area contributed by atoms with Gasteiger partial charge in [-0.1, -0.05) is 0 Å². The van der Waals surface area contributed by atoms with Crippen molar-refractivity contribution in [3.05, 3.63) is 18.7 Å². The fraction of sp³-hybridized carbons (Fsp3) is 0.357. The van der Waals surface area contributed by atoms with E-state index in [2.05, 4.69) is 25.0 Å². The van der Waals surface area contributed by atoms with Crippen LogP contribution in [-0.2, 0) is 6.54 Å². The summed E-state index contributed by atoms with van der Waals surface area (Å²) < 4.78 is 7.22. The second-order valence-electron chi connectivity index (χ2n) is 5.04. The lowest BCUT2D eigenvalue weighted by atomic mass is 10.2. The molecule has 0 aromatic carbocycles. The first-order valence-corrected chi connectivity index (χ1v) is 7.06. The van der Waals surface area contributed by atoms with Crippen molar-refractivity contribution in [1.29, 1.82) is 0 Å². The van der Waals surface area contributed by atoms with Crippen molar-refractivity contribution in [3.63, 3.8) is 0 Å². The lowest BCUT2D eigenvalue weighted by molar-refractivity contribution is 0.222. The van der Waals surface area contributed by atoms with Gasteiger partial charge in [-0.05, 0) is 20.8 Å².